The number of aliphatic imine (C=N–C) groups is 1. The molecule has 1 aromatic rings. The molecule has 2 N–H and O–H groups in total. The van der Waals surface area contributed by atoms with Crippen LogP contribution >= 0.6 is 0 Å². The molecule has 1 unspecified atom stereocenters. The molecule has 0 fully saturated rings. The van der Waals surface area contributed by atoms with Gasteiger partial charge in [0.1, 0.15) is 5.75 Å². The minimum atomic E-state index is -4.06. The number of nitrogens with zero attached hydrogens (tertiary/aromatic N) is 1. The van der Waals surface area contributed by atoms with Gasteiger partial charge in [0.25, 0.3) is 5.91 Å². The van der Waals surface area contributed by atoms with Gasteiger partial charge in [0.15, 0.2) is 5.25 Å². The van der Waals surface area contributed by atoms with Gasteiger partial charge >= 0.3 is 6.03 Å². The highest BCUT2D eigenvalue weighted by Gasteiger charge is 2.35. The number of anilines is 1. The standard InChI is InChI=1S/C12H13N3O5S/c1-2-20-9-5-3-4-8(6-9)15-21(18,19)10-7-13-12(17)14-11(10)16/h3-7,10,15H,2H2,1H3,(H,14,16,17). The molecule has 0 radical (unpaired) electrons. The topological polar surface area (TPSA) is 114 Å². The Labute approximate surface area is 121 Å². The van der Waals surface area contributed by atoms with E-state index in [1.54, 1.807) is 19.1 Å². The number of carbonyl (C=O) groups excluding carboxylic acids is 2. The fraction of sp³-hybridized carbons (Fsp3) is 0.250. The van der Waals surface area contributed by atoms with Crippen LogP contribution in [-0.2, 0) is 14.8 Å². The van der Waals surface area contributed by atoms with Crippen LogP contribution in [-0.4, -0.2) is 38.4 Å². The highest BCUT2D eigenvalue weighted by Crippen LogP contribution is 2.19. The van der Waals surface area contributed by atoms with E-state index in [1.165, 1.54) is 12.1 Å². The first kappa shape index (κ1) is 15.0. The number of hydrogen-bond acceptors (Lipinski definition) is 5. The number of ether oxygens (including phenoxy) is 1. The van der Waals surface area contributed by atoms with E-state index in [-0.39, 0.29) is 5.69 Å². The van der Waals surface area contributed by atoms with E-state index in [9.17, 15) is 18.0 Å². The summed E-state index contributed by atoms with van der Waals surface area (Å²) in [7, 11) is -4.06. The fourth-order valence-corrected chi connectivity index (χ4v) is 2.82. The Morgan fingerprint density at radius 1 is 1.38 bits per heavy atom. The lowest BCUT2D eigenvalue weighted by Gasteiger charge is -2.17. The molecule has 0 spiro atoms. The van der Waals surface area contributed by atoms with Gasteiger partial charge in [0.2, 0.25) is 10.0 Å². The summed E-state index contributed by atoms with van der Waals surface area (Å²) in [4.78, 5) is 25.7. The number of nitrogens with one attached hydrogen (secondary N) is 2. The Kier molecular flexibility index (Phi) is 4.22. The molecule has 21 heavy (non-hydrogen) atoms. The maximum absolute atomic E-state index is 12.1. The Hall–Kier alpha value is -2.42. The molecule has 112 valence electrons. The molecule has 0 aromatic heterocycles. The summed E-state index contributed by atoms with van der Waals surface area (Å²) in [5.74, 6) is -0.446. The van der Waals surface area contributed by atoms with Crippen molar-refractivity contribution in [2.45, 2.75) is 12.2 Å². The van der Waals surface area contributed by atoms with E-state index < -0.39 is 27.2 Å². The summed E-state index contributed by atoms with van der Waals surface area (Å²) in [6, 6.07) is 5.41. The molecule has 9 heteroatoms. The molecule has 0 bridgehead atoms. The van der Waals surface area contributed by atoms with Gasteiger partial charge in [-0.05, 0) is 19.1 Å². The van der Waals surface area contributed by atoms with Gasteiger partial charge in [-0.15, -0.1) is 0 Å². The number of hydrogen-bond donors (Lipinski definition) is 2. The molecule has 2 rings (SSSR count). The summed E-state index contributed by atoms with van der Waals surface area (Å²) in [5, 5.41) is 0.269. The molecule has 8 nitrogen and oxygen atoms in total. The normalized spacial score (nSPS) is 18.2. The third-order valence-corrected chi connectivity index (χ3v) is 4.08. The number of carbonyl (C=O) groups is 2. The molecule has 1 atom stereocenters. The van der Waals surface area contributed by atoms with Crippen LogP contribution in [0.4, 0.5) is 10.5 Å². The molecular formula is C12H13N3O5S. The lowest BCUT2D eigenvalue weighted by atomic mass is 10.3. The molecule has 0 saturated heterocycles. The van der Waals surface area contributed by atoms with E-state index in [1.807, 2.05) is 5.32 Å². The monoisotopic (exact) mass is 311 g/mol. The maximum atomic E-state index is 12.1. The van der Waals surface area contributed by atoms with Crippen molar-refractivity contribution in [1.29, 1.82) is 0 Å². The van der Waals surface area contributed by atoms with Gasteiger partial charge in [0, 0.05) is 12.3 Å². The summed E-state index contributed by atoms with van der Waals surface area (Å²) in [5.41, 5.74) is 0.249. The van der Waals surface area contributed by atoms with Crippen LogP contribution < -0.4 is 14.8 Å². The molecule has 1 aliphatic rings. The molecule has 0 saturated carbocycles. The predicted molar refractivity (Wildman–Crippen MR) is 76.0 cm³/mol. The summed E-state index contributed by atoms with van der Waals surface area (Å²) < 4.78 is 31.8. The van der Waals surface area contributed by atoms with Gasteiger partial charge < -0.3 is 4.74 Å². The Balaban J connectivity index is 2.21. The van der Waals surface area contributed by atoms with E-state index in [0.717, 1.165) is 6.21 Å². The predicted octanol–water partition coefficient (Wildman–Crippen LogP) is 0.516. The summed E-state index contributed by atoms with van der Waals surface area (Å²) in [6.07, 6.45) is 0.801. The Morgan fingerprint density at radius 3 is 2.81 bits per heavy atom. The SMILES string of the molecule is CCOc1cccc(NS(=O)(=O)C2C=NC(=O)NC2=O)c1. The van der Waals surface area contributed by atoms with Crippen molar-refractivity contribution in [3.05, 3.63) is 24.3 Å². The van der Waals surface area contributed by atoms with Gasteiger partial charge in [-0.3, -0.25) is 14.8 Å². The average molecular weight is 311 g/mol. The zero-order valence-electron chi connectivity index (χ0n) is 11.1. The minimum absolute atomic E-state index is 0.249. The first-order valence-corrected chi connectivity index (χ1v) is 7.60. The highest BCUT2D eigenvalue weighted by molar-refractivity contribution is 7.94. The smallest absolute Gasteiger partial charge is 0.347 e. The Morgan fingerprint density at radius 2 is 2.14 bits per heavy atom. The maximum Gasteiger partial charge on any atom is 0.347 e. The van der Waals surface area contributed by atoms with Crippen molar-refractivity contribution in [1.82, 2.24) is 5.32 Å². The zero-order chi connectivity index (χ0) is 15.5. The van der Waals surface area contributed by atoms with Gasteiger partial charge in [-0.25, -0.2) is 18.2 Å². The number of benzene rings is 1. The van der Waals surface area contributed by atoms with Crippen LogP contribution in [0.15, 0.2) is 29.3 Å². The van der Waals surface area contributed by atoms with Crippen LogP contribution in [0, 0.1) is 0 Å². The summed E-state index contributed by atoms with van der Waals surface area (Å²) >= 11 is 0. The lowest BCUT2D eigenvalue weighted by molar-refractivity contribution is -0.118. The highest BCUT2D eigenvalue weighted by atomic mass is 32.2. The van der Waals surface area contributed by atoms with E-state index in [4.69, 9.17) is 4.74 Å². The minimum Gasteiger partial charge on any atom is -0.494 e. The molecule has 1 aliphatic heterocycles. The van der Waals surface area contributed by atoms with Crippen LogP contribution in [0.3, 0.4) is 0 Å². The largest absolute Gasteiger partial charge is 0.494 e. The molecule has 0 aliphatic carbocycles. The van der Waals surface area contributed by atoms with Crippen LogP contribution in [0.1, 0.15) is 6.92 Å². The second-order valence-corrected chi connectivity index (χ2v) is 5.90. The van der Waals surface area contributed by atoms with E-state index >= 15 is 0 Å². The van der Waals surface area contributed by atoms with Crippen molar-refractivity contribution in [2.75, 3.05) is 11.3 Å². The van der Waals surface area contributed by atoms with Crippen molar-refractivity contribution >= 4 is 33.9 Å². The van der Waals surface area contributed by atoms with Gasteiger partial charge in [0.05, 0.1) is 12.3 Å². The van der Waals surface area contributed by atoms with Gasteiger partial charge in [-0.1, -0.05) is 6.07 Å². The van der Waals surface area contributed by atoms with Crippen LogP contribution in [0.2, 0.25) is 0 Å². The second kappa shape index (κ2) is 5.92. The first-order chi connectivity index (χ1) is 9.92. The quantitative estimate of drug-likeness (QED) is 0.822. The van der Waals surface area contributed by atoms with Crippen molar-refractivity contribution in [3.63, 3.8) is 0 Å². The number of imide groups is 1. The number of sulfonamides is 1. The molecule has 1 heterocycles. The fourth-order valence-electron chi connectivity index (χ4n) is 1.68. The average Bonchev–Trinajstić information content (AvgIpc) is 2.38. The first-order valence-electron chi connectivity index (χ1n) is 6.06. The van der Waals surface area contributed by atoms with Gasteiger partial charge in [-0.2, -0.15) is 0 Å². The molecule has 3 amide bonds. The number of rotatable bonds is 5. The van der Waals surface area contributed by atoms with E-state index in [0.29, 0.717) is 12.4 Å². The summed E-state index contributed by atoms with van der Waals surface area (Å²) in [6.45, 7) is 2.24. The van der Waals surface area contributed by atoms with Crippen molar-refractivity contribution in [2.24, 2.45) is 4.99 Å². The third-order valence-electron chi connectivity index (χ3n) is 2.56. The van der Waals surface area contributed by atoms with Crippen molar-refractivity contribution < 1.29 is 22.7 Å². The molecular weight excluding hydrogens is 298 g/mol. The lowest BCUT2D eigenvalue weighted by Crippen LogP contribution is -2.48. The Bertz CT molecular complexity index is 699. The van der Waals surface area contributed by atoms with E-state index in [2.05, 4.69) is 9.71 Å². The molecule has 1 aromatic carbocycles. The zero-order valence-corrected chi connectivity index (χ0v) is 11.9. The third kappa shape index (κ3) is 3.57. The van der Waals surface area contributed by atoms with Crippen LogP contribution in [0.25, 0.3) is 0 Å². The number of amides is 3. The second-order valence-electron chi connectivity index (χ2n) is 4.10. The van der Waals surface area contributed by atoms with Crippen molar-refractivity contribution in [3.8, 4) is 5.75 Å². The van der Waals surface area contributed by atoms with Crippen LogP contribution in [0.5, 0.6) is 5.75 Å². The number of urea groups is 1.